The van der Waals surface area contributed by atoms with E-state index in [9.17, 15) is 19.2 Å². The summed E-state index contributed by atoms with van der Waals surface area (Å²) in [6.07, 6.45) is 2.13. The fourth-order valence-corrected chi connectivity index (χ4v) is 1.94. The van der Waals surface area contributed by atoms with Crippen LogP contribution in [-0.4, -0.2) is 34.6 Å². The molecule has 0 fully saturated rings. The van der Waals surface area contributed by atoms with Crippen LogP contribution in [0.25, 0.3) is 0 Å². The highest BCUT2D eigenvalue weighted by molar-refractivity contribution is 6.14. The summed E-state index contributed by atoms with van der Waals surface area (Å²) in [6, 6.07) is 3.07. The number of amides is 3. The van der Waals surface area contributed by atoms with E-state index in [1.165, 1.54) is 25.1 Å². The number of nitrogens with zero attached hydrogens (tertiary/aromatic N) is 1. The number of para-hydroxylation sites is 1. The molecular formula is C14H13N3O5. The number of hydrogen-bond donors (Lipinski definition) is 2. The van der Waals surface area contributed by atoms with Crippen molar-refractivity contribution in [2.75, 3.05) is 5.73 Å². The van der Waals surface area contributed by atoms with E-state index in [-0.39, 0.29) is 17.0 Å². The minimum absolute atomic E-state index is 0.00736. The van der Waals surface area contributed by atoms with E-state index in [1.807, 2.05) is 0 Å². The lowest BCUT2D eigenvalue weighted by atomic mass is 10.1. The Hall–Kier alpha value is -3.16. The molecule has 2 rings (SSSR count). The maximum atomic E-state index is 12.1. The summed E-state index contributed by atoms with van der Waals surface area (Å²) in [6.45, 7) is 1.35. The molecule has 0 aromatic heterocycles. The first-order chi connectivity index (χ1) is 10.3. The second-order valence-electron chi connectivity index (χ2n) is 4.56. The fraction of sp³-hybridized carbons (Fsp3) is 0.143. The molecule has 0 radical (unpaired) electrons. The zero-order valence-corrected chi connectivity index (χ0v) is 11.6. The van der Waals surface area contributed by atoms with Gasteiger partial charge in [0.1, 0.15) is 6.04 Å². The molecule has 1 aliphatic heterocycles. The summed E-state index contributed by atoms with van der Waals surface area (Å²) in [5.41, 5.74) is 10.8. The van der Waals surface area contributed by atoms with E-state index in [0.29, 0.717) is 0 Å². The Balaban J connectivity index is 2.19. The molecule has 8 nitrogen and oxygen atoms in total. The molecule has 0 spiro atoms. The Morgan fingerprint density at radius 2 is 1.77 bits per heavy atom. The van der Waals surface area contributed by atoms with Gasteiger partial charge >= 0.3 is 5.97 Å². The molecule has 1 aromatic rings. The van der Waals surface area contributed by atoms with Crippen LogP contribution in [0, 0.1) is 0 Å². The molecule has 0 saturated heterocycles. The number of ether oxygens (including phenoxy) is 1. The molecule has 1 aromatic carbocycles. The largest absolute Gasteiger partial charge is 0.423 e. The number of anilines is 1. The van der Waals surface area contributed by atoms with Crippen LogP contribution in [0.5, 0.6) is 5.75 Å². The standard InChI is InChI=1S/C14H13N3O5/c1-7(17-10(18)5-6-11(17)19)14(21)22-9-4-2-3-8(12(9)15)13(16)20/h2-7H,15H2,1H3,(H2,16,20)/t7-/m0/s1. The van der Waals surface area contributed by atoms with Gasteiger partial charge in [-0.2, -0.15) is 0 Å². The first-order valence-electron chi connectivity index (χ1n) is 6.28. The van der Waals surface area contributed by atoms with E-state index in [2.05, 4.69) is 0 Å². The third kappa shape index (κ3) is 2.66. The summed E-state index contributed by atoms with van der Waals surface area (Å²) in [7, 11) is 0. The third-order valence-corrected chi connectivity index (χ3v) is 3.11. The second-order valence-corrected chi connectivity index (χ2v) is 4.56. The number of nitrogens with two attached hydrogens (primary N) is 2. The summed E-state index contributed by atoms with van der Waals surface area (Å²) in [5.74, 6) is -2.90. The molecule has 22 heavy (non-hydrogen) atoms. The topological polar surface area (TPSA) is 133 Å². The number of esters is 1. The van der Waals surface area contributed by atoms with Crippen LogP contribution in [0.15, 0.2) is 30.4 Å². The van der Waals surface area contributed by atoms with E-state index >= 15 is 0 Å². The smallest absolute Gasteiger partial charge is 0.334 e. The van der Waals surface area contributed by atoms with Gasteiger partial charge in [-0.1, -0.05) is 6.07 Å². The summed E-state index contributed by atoms with van der Waals surface area (Å²) in [4.78, 5) is 47.0. The number of benzene rings is 1. The zero-order valence-electron chi connectivity index (χ0n) is 11.6. The quantitative estimate of drug-likeness (QED) is 0.336. The Kier molecular flexibility index (Phi) is 3.93. The molecule has 0 saturated carbocycles. The zero-order chi connectivity index (χ0) is 16.4. The molecule has 4 N–H and O–H groups in total. The predicted octanol–water partition coefficient (Wildman–Crippen LogP) is -0.413. The highest BCUT2D eigenvalue weighted by Gasteiger charge is 2.34. The van der Waals surface area contributed by atoms with Crippen molar-refractivity contribution in [3.8, 4) is 5.75 Å². The van der Waals surface area contributed by atoms with Gasteiger partial charge in [-0.05, 0) is 19.1 Å². The lowest BCUT2D eigenvalue weighted by Gasteiger charge is -2.21. The number of primary amides is 1. The first-order valence-corrected chi connectivity index (χ1v) is 6.28. The van der Waals surface area contributed by atoms with Gasteiger partial charge in [0.05, 0.1) is 11.3 Å². The number of rotatable bonds is 4. The Morgan fingerprint density at radius 3 is 2.32 bits per heavy atom. The van der Waals surface area contributed by atoms with Crippen LogP contribution in [0.3, 0.4) is 0 Å². The monoisotopic (exact) mass is 303 g/mol. The summed E-state index contributed by atoms with van der Waals surface area (Å²) < 4.78 is 5.06. The Morgan fingerprint density at radius 1 is 1.18 bits per heavy atom. The number of nitrogen functional groups attached to an aromatic ring is 1. The van der Waals surface area contributed by atoms with Crippen molar-refractivity contribution in [2.24, 2.45) is 5.73 Å². The summed E-state index contributed by atoms with van der Waals surface area (Å²) in [5, 5.41) is 0. The number of carbonyl (C=O) groups is 4. The minimum atomic E-state index is -1.13. The fourth-order valence-electron chi connectivity index (χ4n) is 1.94. The molecule has 1 heterocycles. The normalized spacial score (nSPS) is 15.0. The maximum Gasteiger partial charge on any atom is 0.334 e. The lowest BCUT2D eigenvalue weighted by molar-refractivity contribution is -0.150. The van der Waals surface area contributed by atoms with E-state index < -0.39 is 29.7 Å². The highest BCUT2D eigenvalue weighted by atomic mass is 16.5. The number of imide groups is 1. The van der Waals surface area contributed by atoms with Crippen molar-refractivity contribution in [3.63, 3.8) is 0 Å². The first kappa shape index (κ1) is 15.2. The molecule has 3 amide bonds. The molecule has 0 aliphatic carbocycles. The average Bonchev–Trinajstić information content (AvgIpc) is 2.79. The molecule has 1 atom stereocenters. The Bertz CT molecular complexity index is 692. The third-order valence-electron chi connectivity index (χ3n) is 3.11. The van der Waals surface area contributed by atoms with E-state index in [1.54, 1.807) is 0 Å². The van der Waals surface area contributed by atoms with Crippen LogP contribution < -0.4 is 16.2 Å². The summed E-state index contributed by atoms with van der Waals surface area (Å²) >= 11 is 0. The second kappa shape index (κ2) is 5.68. The lowest BCUT2D eigenvalue weighted by Crippen LogP contribution is -2.44. The molecule has 114 valence electrons. The number of hydrogen-bond acceptors (Lipinski definition) is 6. The highest BCUT2D eigenvalue weighted by Crippen LogP contribution is 2.25. The van der Waals surface area contributed by atoms with Gasteiger partial charge < -0.3 is 16.2 Å². The van der Waals surface area contributed by atoms with Gasteiger partial charge in [-0.3, -0.25) is 19.3 Å². The molecule has 1 aliphatic rings. The van der Waals surface area contributed by atoms with Crippen LogP contribution in [-0.2, 0) is 14.4 Å². The van der Waals surface area contributed by atoms with Crippen molar-refractivity contribution in [2.45, 2.75) is 13.0 Å². The molecular weight excluding hydrogens is 290 g/mol. The van der Waals surface area contributed by atoms with Crippen LogP contribution >= 0.6 is 0 Å². The van der Waals surface area contributed by atoms with Crippen LogP contribution in [0.1, 0.15) is 17.3 Å². The van der Waals surface area contributed by atoms with Gasteiger partial charge in [0, 0.05) is 12.2 Å². The van der Waals surface area contributed by atoms with E-state index in [4.69, 9.17) is 16.2 Å². The minimum Gasteiger partial charge on any atom is -0.423 e. The van der Waals surface area contributed by atoms with Crippen molar-refractivity contribution >= 4 is 29.4 Å². The molecule has 0 unspecified atom stereocenters. The van der Waals surface area contributed by atoms with Gasteiger partial charge in [-0.15, -0.1) is 0 Å². The molecule has 8 heteroatoms. The molecule has 0 bridgehead atoms. The van der Waals surface area contributed by atoms with Gasteiger partial charge in [-0.25, -0.2) is 4.79 Å². The Labute approximate surface area is 125 Å². The van der Waals surface area contributed by atoms with Crippen molar-refractivity contribution in [1.82, 2.24) is 4.90 Å². The van der Waals surface area contributed by atoms with Crippen LogP contribution in [0.2, 0.25) is 0 Å². The average molecular weight is 303 g/mol. The van der Waals surface area contributed by atoms with Crippen molar-refractivity contribution < 1.29 is 23.9 Å². The van der Waals surface area contributed by atoms with Gasteiger partial charge in [0.2, 0.25) is 0 Å². The number of carbonyl (C=O) groups excluding carboxylic acids is 4. The van der Waals surface area contributed by atoms with Gasteiger partial charge in [0.25, 0.3) is 17.7 Å². The van der Waals surface area contributed by atoms with Crippen molar-refractivity contribution in [1.29, 1.82) is 0 Å². The maximum absolute atomic E-state index is 12.1. The SMILES string of the molecule is C[C@@H](C(=O)Oc1cccc(C(N)=O)c1N)N1C(=O)C=CC1=O. The van der Waals surface area contributed by atoms with Crippen LogP contribution in [0.4, 0.5) is 5.69 Å². The van der Waals surface area contributed by atoms with Gasteiger partial charge in [0.15, 0.2) is 5.75 Å². The predicted molar refractivity (Wildman–Crippen MR) is 75.5 cm³/mol. The van der Waals surface area contributed by atoms with Crippen molar-refractivity contribution in [3.05, 3.63) is 35.9 Å². The van der Waals surface area contributed by atoms with E-state index in [0.717, 1.165) is 17.1 Å².